The van der Waals surface area contributed by atoms with Gasteiger partial charge in [-0.3, -0.25) is 0 Å². The number of fused-ring (bicyclic) bond motifs is 1. The molecule has 0 unspecified atom stereocenters. The SMILES string of the molecule is CCOC(=O)c1ccc2c(c1)C(c1ccccc1)=C(SC(F)(F)F)CO2. The molecule has 136 valence electrons. The molecular formula is C19H15F3O3S. The van der Waals surface area contributed by atoms with Crippen LogP contribution in [0.4, 0.5) is 13.2 Å². The summed E-state index contributed by atoms with van der Waals surface area (Å²) in [5.41, 5.74) is -2.68. The van der Waals surface area contributed by atoms with E-state index in [1.54, 1.807) is 49.4 Å². The van der Waals surface area contributed by atoms with Gasteiger partial charge >= 0.3 is 11.5 Å². The zero-order valence-electron chi connectivity index (χ0n) is 13.8. The second-order valence-electron chi connectivity index (χ2n) is 5.43. The van der Waals surface area contributed by atoms with Crippen molar-refractivity contribution in [1.82, 2.24) is 0 Å². The van der Waals surface area contributed by atoms with Crippen molar-refractivity contribution in [3.8, 4) is 5.75 Å². The molecule has 1 aliphatic heterocycles. The molecule has 1 heterocycles. The Labute approximate surface area is 152 Å². The summed E-state index contributed by atoms with van der Waals surface area (Å²) in [6.07, 6.45) is 0. The first-order valence-corrected chi connectivity index (χ1v) is 8.69. The van der Waals surface area contributed by atoms with E-state index in [0.717, 1.165) is 0 Å². The highest BCUT2D eigenvalue weighted by Crippen LogP contribution is 2.46. The van der Waals surface area contributed by atoms with Gasteiger partial charge in [-0.05, 0) is 42.4 Å². The Morgan fingerprint density at radius 1 is 1.19 bits per heavy atom. The minimum Gasteiger partial charge on any atom is -0.488 e. The van der Waals surface area contributed by atoms with Crippen LogP contribution in [0.2, 0.25) is 0 Å². The van der Waals surface area contributed by atoms with E-state index in [4.69, 9.17) is 9.47 Å². The average Bonchev–Trinajstić information content (AvgIpc) is 2.60. The summed E-state index contributed by atoms with van der Waals surface area (Å²) in [4.78, 5) is 12.1. The van der Waals surface area contributed by atoms with Crippen LogP contribution in [0.15, 0.2) is 53.4 Å². The number of hydrogen-bond donors (Lipinski definition) is 0. The molecule has 0 bridgehead atoms. The molecule has 0 amide bonds. The van der Waals surface area contributed by atoms with Gasteiger partial charge in [0.1, 0.15) is 12.4 Å². The third-order valence-electron chi connectivity index (χ3n) is 3.70. The molecule has 0 saturated heterocycles. The molecule has 7 heteroatoms. The third kappa shape index (κ3) is 4.04. The van der Waals surface area contributed by atoms with Gasteiger partial charge in [0.15, 0.2) is 0 Å². The molecule has 26 heavy (non-hydrogen) atoms. The summed E-state index contributed by atoms with van der Waals surface area (Å²) in [6, 6.07) is 13.4. The topological polar surface area (TPSA) is 35.5 Å². The van der Waals surface area contributed by atoms with E-state index < -0.39 is 11.5 Å². The van der Waals surface area contributed by atoms with Gasteiger partial charge in [0.25, 0.3) is 0 Å². The fourth-order valence-electron chi connectivity index (χ4n) is 2.70. The predicted molar refractivity (Wildman–Crippen MR) is 94.0 cm³/mol. The molecule has 0 saturated carbocycles. The van der Waals surface area contributed by atoms with Crippen LogP contribution in [-0.4, -0.2) is 24.7 Å². The van der Waals surface area contributed by atoms with Crippen LogP contribution in [0.1, 0.15) is 28.4 Å². The third-order valence-corrected chi connectivity index (χ3v) is 4.50. The second-order valence-corrected chi connectivity index (χ2v) is 6.59. The number of benzene rings is 2. The van der Waals surface area contributed by atoms with Crippen molar-refractivity contribution in [1.29, 1.82) is 0 Å². The Bertz CT molecular complexity index is 845. The normalized spacial score (nSPS) is 13.8. The van der Waals surface area contributed by atoms with Crippen LogP contribution >= 0.6 is 11.8 Å². The van der Waals surface area contributed by atoms with Gasteiger partial charge in [-0.1, -0.05) is 30.3 Å². The average molecular weight is 380 g/mol. The van der Waals surface area contributed by atoms with Crippen molar-refractivity contribution in [2.45, 2.75) is 12.4 Å². The van der Waals surface area contributed by atoms with E-state index in [0.29, 0.717) is 22.4 Å². The highest BCUT2D eigenvalue weighted by atomic mass is 32.2. The quantitative estimate of drug-likeness (QED) is 0.677. The number of carbonyl (C=O) groups excluding carboxylic acids is 1. The van der Waals surface area contributed by atoms with Gasteiger partial charge in [0.2, 0.25) is 0 Å². The maximum atomic E-state index is 13.0. The van der Waals surface area contributed by atoms with Crippen molar-refractivity contribution >= 4 is 23.3 Å². The molecule has 0 aromatic heterocycles. The van der Waals surface area contributed by atoms with Crippen molar-refractivity contribution in [3.05, 3.63) is 70.1 Å². The summed E-state index contributed by atoms with van der Waals surface area (Å²) in [6.45, 7) is 1.72. The molecule has 0 atom stereocenters. The van der Waals surface area contributed by atoms with E-state index in [2.05, 4.69) is 0 Å². The number of hydrogen-bond acceptors (Lipinski definition) is 4. The van der Waals surface area contributed by atoms with Crippen molar-refractivity contribution in [2.24, 2.45) is 0 Å². The summed E-state index contributed by atoms with van der Waals surface area (Å²) < 4.78 is 49.5. The molecule has 0 spiro atoms. The summed E-state index contributed by atoms with van der Waals surface area (Å²) >= 11 is -0.193. The van der Waals surface area contributed by atoms with Crippen LogP contribution in [0.5, 0.6) is 5.75 Å². The summed E-state index contributed by atoms with van der Waals surface area (Å²) in [5.74, 6) is -0.0956. The van der Waals surface area contributed by atoms with Crippen LogP contribution in [0.3, 0.4) is 0 Å². The highest BCUT2D eigenvalue weighted by Gasteiger charge is 2.34. The maximum absolute atomic E-state index is 13.0. The van der Waals surface area contributed by atoms with Crippen molar-refractivity contribution in [3.63, 3.8) is 0 Å². The van der Waals surface area contributed by atoms with Crippen LogP contribution < -0.4 is 4.74 Å². The largest absolute Gasteiger partial charge is 0.488 e. The van der Waals surface area contributed by atoms with Crippen molar-refractivity contribution < 1.29 is 27.4 Å². The Morgan fingerprint density at radius 2 is 1.92 bits per heavy atom. The molecule has 2 aromatic rings. The lowest BCUT2D eigenvalue weighted by molar-refractivity contribution is -0.0323. The molecule has 3 rings (SSSR count). The first-order valence-electron chi connectivity index (χ1n) is 7.87. The number of rotatable bonds is 4. The molecule has 2 aromatic carbocycles. The number of halogens is 3. The molecule has 0 aliphatic carbocycles. The minimum atomic E-state index is -4.44. The molecule has 0 fully saturated rings. The highest BCUT2D eigenvalue weighted by molar-refractivity contribution is 8.04. The zero-order valence-corrected chi connectivity index (χ0v) is 14.6. The number of thioether (sulfide) groups is 1. The van der Waals surface area contributed by atoms with E-state index in [1.807, 2.05) is 0 Å². The van der Waals surface area contributed by atoms with E-state index in [9.17, 15) is 18.0 Å². The molecular weight excluding hydrogens is 365 g/mol. The Kier molecular flexibility index (Phi) is 5.27. The first-order chi connectivity index (χ1) is 12.4. The molecule has 1 aliphatic rings. The fourth-order valence-corrected chi connectivity index (χ4v) is 3.43. The van der Waals surface area contributed by atoms with Crippen LogP contribution in [0.25, 0.3) is 5.57 Å². The zero-order chi connectivity index (χ0) is 18.7. The lowest BCUT2D eigenvalue weighted by Gasteiger charge is -2.25. The summed E-state index contributed by atoms with van der Waals surface area (Å²) in [7, 11) is 0. The lowest BCUT2D eigenvalue weighted by Crippen LogP contribution is -2.15. The number of alkyl halides is 3. The fraction of sp³-hybridized carbons (Fsp3) is 0.211. The van der Waals surface area contributed by atoms with E-state index in [-0.39, 0.29) is 35.4 Å². The predicted octanol–water partition coefficient (Wildman–Crippen LogP) is 5.27. The van der Waals surface area contributed by atoms with Crippen LogP contribution in [-0.2, 0) is 4.74 Å². The van der Waals surface area contributed by atoms with E-state index in [1.165, 1.54) is 6.07 Å². The number of ether oxygens (including phenoxy) is 2. The molecule has 0 radical (unpaired) electrons. The smallest absolute Gasteiger partial charge is 0.446 e. The maximum Gasteiger partial charge on any atom is 0.446 e. The van der Waals surface area contributed by atoms with Gasteiger partial charge in [-0.25, -0.2) is 4.79 Å². The summed E-state index contributed by atoms with van der Waals surface area (Å²) in [5, 5.41) is 0. The van der Waals surface area contributed by atoms with Gasteiger partial charge in [0, 0.05) is 16.0 Å². The Morgan fingerprint density at radius 3 is 2.58 bits per heavy atom. The Balaban J connectivity index is 2.15. The van der Waals surface area contributed by atoms with Crippen LogP contribution in [0, 0.1) is 0 Å². The first kappa shape index (κ1) is 18.4. The van der Waals surface area contributed by atoms with Gasteiger partial charge in [0.05, 0.1) is 12.2 Å². The number of carbonyl (C=O) groups is 1. The van der Waals surface area contributed by atoms with Crippen molar-refractivity contribution in [2.75, 3.05) is 13.2 Å². The van der Waals surface area contributed by atoms with Gasteiger partial charge in [-0.15, -0.1) is 0 Å². The standard InChI is InChI=1S/C19H15F3O3S/c1-2-24-18(23)13-8-9-15-14(10-13)17(12-6-4-3-5-7-12)16(11-25-15)26-19(20,21)22/h3-10H,2,11H2,1H3. The minimum absolute atomic E-state index is 0.0530. The molecule has 0 N–H and O–H groups in total. The Hall–Kier alpha value is -2.41. The monoisotopic (exact) mass is 380 g/mol. The van der Waals surface area contributed by atoms with Gasteiger partial charge in [-0.2, -0.15) is 13.2 Å². The second kappa shape index (κ2) is 7.45. The number of esters is 1. The van der Waals surface area contributed by atoms with Gasteiger partial charge < -0.3 is 9.47 Å². The lowest BCUT2D eigenvalue weighted by atomic mass is 9.94. The molecule has 3 nitrogen and oxygen atoms in total. The van der Waals surface area contributed by atoms with E-state index >= 15 is 0 Å².